The number of carbonyl (C=O) groups is 1. The van der Waals surface area contributed by atoms with E-state index in [2.05, 4.69) is 5.48 Å². The molecule has 0 aromatic heterocycles. The van der Waals surface area contributed by atoms with Gasteiger partial charge in [-0.3, -0.25) is 9.63 Å². The molecule has 1 aliphatic heterocycles. The number of amides is 1. The highest BCUT2D eigenvalue weighted by Gasteiger charge is 2.44. The maximum atomic E-state index is 11.7. The van der Waals surface area contributed by atoms with Crippen LogP contribution in [0.1, 0.15) is 20.8 Å². The molecule has 0 radical (unpaired) electrons. The fourth-order valence-electron chi connectivity index (χ4n) is 1.21. The molecule has 14 heavy (non-hydrogen) atoms. The predicted octanol–water partition coefficient (Wildman–Crippen LogP) is -0.194. The molecule has 0 saturated carbocycles. The maximum Gasteiger partial charge on any atom is 0.253 e. The van der Waals surface area contributed by atoms with E-state index in [1.165, 1.54) is 0 Å². The van der Waals surface area contributed by atoms with E-state index in [0.29, 0.717) is 13.2 Å². The third-order valence-electron chi connectivity index (χ3n) is 2.42. The summed E-state index contributed by atoms with van der Waals surface area (Å²) in [6, 6.07) is -0.265. The van der Waals surface area contributed by atoms with Crippen molar-refractivity contribution in [3.05, 3.63) is 0 Å². The monoisotopic (exact) mass is 202 g/mol. The fourth-order valence-corrected chi connectivity index (χ4v) is 1.21. The Labute approximate surface area is 83.9 Å². The number of nitrogens with one attached hydrogen (secondary N) is 1. The first-order chi connectivity index (χ1) is 6.47. The van der Waals surface area contributed by atoms with Crippen LogP contribution in [0.25, 0.3) is 0 Å². The highest BCUT2D eigenvalue weighted by molar-refractivity contribution is 5.82. The van der Waals surface area contributed by atoms with E-state index < -0.39 is 5.41 Å². The Hall–Kier alpha value is -0.650. The lowest BCUT2D eigenvalue weighted by Gasteiger charge is -2.25. The molecule has 1 fully saturated rings. The topological polar surface area (TPSA) is 73.6 Å². The Kier molecular flexibility index (Phi) is 3.47. The van der Waals surface area contributed by atoms with Gasteiger partial charge < -0.3 is 10.5 Å². The lowest BCUT2D eigenvalue weighted by atomic mass is 9.85. The summed E-state index contributed by atoms with van der Waals surface area (Å²) in [5.41, 5.74) is 7.50. The van der Waals surface area contributed by atoms with Gasteiger partial charge in [0.1, 0.15) is 0 Å². The van der Waals surface area contributed by atoms with Crippen LogP contribution in [0, 0.1) is 5.41 Å². The molecule has 1 heterocycles. The third kappa shape index (κ3) is 2.23. The molecule has 0 spiro atoms. The van der Waals surface area contributed by atoms with Crippen molar-refractivity contribution in [2.24, 2.45) is 11.1 Å². The second kappa shape index (κ2) is 4.25. The molecule has 0 aromatic carbocycles. The number of rotatable bonds is 3. The van der Waals surface area contributed by atoms with Gasteiger partial charge in [0, 0.05) is 6.04 Å². The Morgan fingerprint density at radius 1 is 1.71 bits per heavy atom. The Morgan fingerprint density at radius 3 is 2.79 bits per heavy atom. The van der Waals surface area contributed by atoms with Gasteiger partial charge in [-0.1, -0.05) is 0 Å². The normalized spacial score (nSPS) is 32.2. The van der Waals surface area contributed by atoms with Crippen LogP contribution in [0.3, 0.4) is 0 Å². The molecule has 3 N–H and O–H groups in total. The van der Waals surface area contributed by atoms with Gasteiger partial charge in [-0.15, -0.1) is 0 Å². The average Bonchev–Trinajstić information content (AvgIpc) is 2.44. The lowest BCUT2D eigenvalue weighted by molar-refractivity contribution is -0.147. The fraction of sp³-hybridized carbons (Fsp3) is 0.889. The Morgan fingerprint density at radius 2 is 2.36 bits per heavy atom. The molecule has 5 heteroatoms. The number of hydroxylamine groups is 1. The minimum Gasteiger partial charge on any atom is -0.379 e. The summed E-state index contributed by atoms with van der Waals surface area (Å²) in [4.78, 5) is 16.7. The zero-order chi connectivity index (χ0) is 10.8. The highest BCUT2D eigenvalue weighted by Crippen LogP contribution is 2.26. The van der Waals surface area contributed by atoms with Crippen molar-refractivity contribution in [1.29, 1.82) is 0 Å². The molecule has 0 bridgehead atoms. The van der Waals surface area contributed by atoms with Crippen LogP contribution in [0.5, 0.6) is 0 Å². The molecule has 5 nitrogen and oxygen atoms in total. The third-order valence-corrected chi connectivity index (χ3v) is 2.42. The molecule has 2 atom stereocenters. The van der Waals surface area contributed by atoms with Crippen molar-refractivity contribution < 1.29 is 14.4 Å². The Balaban J connectivity index is 2.50. The van der Waals surface area contributed by atoms with Crippen molar-refractivity contribution in [1.82, 2.24) is 5.48 Å². The molecule has 1 saturated heterocycles. The molecule has 82 valence electrons. The van der Waals surface area contributed by atoms with Gasteiger partial charge in [0.05, 0.1) is 24.7 Å². The van der Waals surface area contributed by atoms with E-state index in [0.717, 1.165) is 0 Å². The number of hydrogen-bond donors (Lipinski definition) is 2. The summed E-state index contributed by atoms with van der Waals surface area (Å²) in [5.74, 6) is -0.212. The second-order valence-corrected chi connectivity index (χ2v) is 4.14. The highest BCUT2D eigenvalue weighted by atomic mass is 16.7. The molecular weight excluding hydrogens is 184 g/mol. The van der Waals surface area contributed by atoms with E-state index in [1.54, 1.807) is 6.92 Å². The minimum absolute atomic E-state index is 0.0407. The summed E-state index contributed by atoms with van der Waals surface area (Å²) in [6.07, 6.45) is -0.0407. The van der Waals surface area contributed by atoms with Crippen LogP contribution in [-0.4, -0.2) is 31.3 Å². The van der Waals surface area contributed by atoms with E-state index >= 15 is 0 Å². The van der Waals surface area contributed by atoms with Crippen LogP contribution >= 0.6 is 0 Å². The van der Waals surface area contributed by atoms with Gasteiger partial charge in [0.25, 0.3) is 5.91 Å². The zero-order valence-electron chi connectivity index (χ0n) is 8.87. The van der Waals surface area contributed by atoms with E-state index in [4.69, 9.17) is 15.3 Å². The van der Waals surface area contributed by atoms with Gasteiger partial charge in [-0.2, -0.15) is 0 Å². The zero-order valence-corrected chi connectivity index (χ0v) is 8.87. The van der Waals surface area contributed by atoms with Gasteiger partial charge in [-0.25, -0.2) is 5.48 Å². The summed E-state index contributed by atoms with van der Waals surface area (Å²) >= 11 is 0. The van der Waals surface area contributed by atoms with Gasteiger partial charge in [0.15, 0.2) is 0 Å². The molecule has 1 amide bonds. The first-order valence-electron chi connectivity index (χ1n) is 4.76. The van der Waals surface area contributed by atoms with E-state index in [9.17, 15) is 4.79 Å². The molecule has 0 aromatic rings. The quantitative estimate of drug-likeness (QED) is 0.622. The standard InChI is InChI=1S/C9H18N2O3/c1-6(2)14-11-8(12)9(3)5-13-4-7(9)10/h6-7H,4-5,10H2,1-3H3,(H,11,12). The van der Waals surface area contributed by atoms with Gasteiger partial charge in [0.2, 0.25) is 0 Å². The first-order valence-corrected chi connectivity index (χ1v) is 4.76. The molecule has 1 aliphatic rings. The van der Waals surface area contributed by atoms with Crippen LogP contribution < -0.4 is 11.2 Å². The molecule has 2 unspecified atom stereocenters. The first kappa shape index (κ1) is 11.4. The average molecular weight is 202 g/mol. The second-order valence-electron chi connectivity index (χ2n) is 4.14. The number of nitrogens with two attached hydrogens (primary N) is 1. The van der Waals surface area contributed by atoms with Crippen LogP contribution in [0.4, 0.5) is 0 Å². The van der Waals surface area contributed by atoms with Gasteiger partial charge in [-0.05, 0) is 20.8 Å². The van der Waals surface area contributed by atoms with Crippen LogP contribution in [0.2, 0.25) is 0 Å². The van der Waals surface area contributed by atoms with E-state index in [1.807, 2.05) is 13.8 Å². The summed E-state index contributed by atoms with van der Waals surface area (Å²) < 4.78 is 5.16. The number of ether oxygens (including phenoxy) is 1. The van der Waals surface area contributed by atoms with Crippen LogP contribution in [0.15, 0.2) is 0 Å². The summed E-state index contributed by atoms with van der Waals surface area (Å²) in [6.45, 7) is 6.23. The van der Waals surface area contributed by atoms with Crippen LogP contribution in [-0.2, 0) is 14.4 Å². The largest absolute Gasteiger partial charge is 0.379 e. The van der Waals surface area contributed by atoms with Crippen molar-refractivity contribution in [3.8, 4) is 0 Å². The number of carbonyl (C=O) groups excluding carboxylic acids is 1. The van der Waals surface area contributed by atoms with Crippen molar-refractivity contribution >= 4 is 5.91 Å². The lowest BCUT2D eigenvalue weighted by Crippen LogP contribution is -2.50. The van der Waals surface area contributed by atoms with E-state index in [-0.39, 0.29) is 18.1 Å². The Bertz CT molecular complexity index is 220. The summed E-state index contributed by atoms with van der Waals surface area (Å²) in [7, 11) is 0. The predicted molar refractivity (Wildman–Crippen MR) is 51.3 cm³/mol. The minimum atomic E-state index is -0.672. The molecule has 1 rings (SSSR count). The van der Waals surface area contributed by atoms with Crippen molar-refractivity contribution in [2.75, 3.05) is 13.2 Å². The molecular formula is C9H18N2O3. The van der Waals surface area contributed by atoms with Crippen molar-refractivity contribution in [3.63, 3.8) is 0 Å². The summed E-state index contributed by atoms with van der Waals surface area (Å²) in [5, 5.41) is 0. The number of hydrogen-bond acceptors (Lipinski definition) is 4. The van der Waals surface area contributed by atoms with Crippen molar-refractivity contribution in [2.45, 2.75) is 32.9 Å². The smallest absolute Gasteiger partial charge is 0.253 e. The molecule has 0 aliphatic carbocycles. The maximum absolute atomic E-state index is 11.7. The SMILES string of the molecule is CC(C)ONC(=O)C1(C)COCC1N. The van der Waals surface area contributed by atoms with Gasteiger partial charge >= 0.3 is 0 Å².